The van der Waals surface area contributed by atoms with Gasteiger partial charge in [0.2, 0.25) is 10.0 Å². The first-order chi connectivity index (χ1) is 13.4. The van der Waals surface area contributed by atoms with Crippen LogP contribution in [0.1, 0.15) is 26.7 Å². The van der Waals surface area contributed by atoms with Gasteiger partial charge in [-0.1, -0.05) is 24.9 Å². The molecule has 2 aromatic rings. The molecule has 1 aliphatic rings. The first-order valence-electron chi connectivity index (χ1n) is 9.49. The molecule has 3 heterocycles. The van der Waals surface area contributed by atoms with E-state index in [1.54, 1.807) is 18.3 Å². The van der Waals surface area contributed by atoms with Crippen molar-refractivity contribution >= 4 is 33.3 Å². The van der Waals surface area contributed by atoms with Gasteiger partial charge in [0.25, 0.3) is 0 Å². The normalized spacial score (nSPS) is 16.2. The molecule has 0 radical (unpaired) electrons. The molecule has 28 heavy (non-hydrogen) atoms. The van der Waals surface area contributed by atoms with Crippen LogP contribution in [0.4, 0.5) is 11.6 Å². The van der Waals surface area contributed by atoms with E-state index in [1.165, 1.54) is 6.20 Å². The lowest BCUT2D eigenvalue weighted by atomic mass is 10.2. The minimum Gasteiger partial charge on any atom is -0.353 e. The number of nitrogens with one attached hydrogen (secondary N) is 1. The Bertz CT molecular complexity index is 866. The van der Waals surface area contributed by atoms with E-state index in [2.05, 4.69) is 24.5 Å². The predicted molar refractivity (Wildman–Crippen MR) is 113 cm³/mol. The van der Waals surface area contributed by atoms with Gasteiger partial charge in [-0.15, -0.1) is 0 Å². The molecule has 0 aromatic carbocycles. The van der Waals surface area contributed by atoms with Crippen molar-refractivity contribution in [1.82, 2.24) is 14.7 Å². The molecule has 0 amide bonds. The van der Waals surface area contributed by atoms with Crippen LogP contribution in [0, 0.1) is 0 Å². The SMILES string of the molecule is CCCC(C)NS(=O)(=O)c1ccc(N2CCN(c3ccc(Cl)cn3)CC2)nc1. The molecular formula is C19H26ClN5O2S. The van der Waals surface area contributed by atoms with Gasteiger partial charge in [-0.05, 0) is 37.6 Å². The highest BCUT2D eigenvalue weighted by molar-refractivity contribution is 7.89. The molecule has 2 aromatic heterocycles. The Morgan fingerprint density at radius 3 is 2.07 bits per heavy atom. The van der Waals surface area contributed by atoms with Crippen LogP contribution in [0.15, 0.2) is 41.6 Å². The second-order valence-electron chi connectivity index (χ2n) is 6.97. The number of anilines is 2. The average molecular weight is 424 g/mol. The molecular weight excluding hydrogens is 398 g/mol. The van der Waals surface area contributed by atoms with Crippen LogP contribution in [0.2, 0.25) is 5.02 Å². The number of pyridine rings is 2. The summed E-state index contributed by atoms with van der Waals surface area (Å²) in [5.74, 6) is 1.69. The van der Waals surface area contributed by atoms with Gasteiger partial charge in [0.1, 0.15) is 16.5 Å². The summed E-state index contributed by atoms with van der Waals surface area (Å²) in [4.78, 5) is 13.3. The van der Waals surface area contributed by atoms with Crippen molar-refractivity contribution in [3.05, 3.63) is 41.7 Å². The zero-order valence-corrected chi connectivity index (χ0v) is 17.7. The third kappa shape index (κ3) is 5.12. The van der Waals surface area contributed by atoms with Crippen LogP contribution >= 0.6 is 11.6 Å². The molecule has 1 atom stereocenters. The number of hydrogen-bond acceptors (Lipinski definition) is 6. The lowest BCUT2D eigenvalue weighted by molar-refractivity contribution is 0.543. The predicted octanol–water partition coefficient (Wildman–Crippen LogP) is 2.92. The summed E-state index contributed by atoms with van der Waals surface area (Å²) in [6.45, 7) is 7.10. The lowest BCUT2D eigenvalue weighted by Gasteiger charge is -2.36. The minimum absolute atomic E-state index is 0.0933. The Morgan fingerprint density at radius 1 is 1.04 bits per heavy atom. The van der Waals surface area contributed by atoms with Gasteiger partial charge >= 0.3 is 0 Å². The average Bonchev–Trinajstić information content (AvgIpc) is 2.69. The van der Waals surface area contributed by atoms with Gasteiger partial charge in [0, 0.05) is 44.6 Å². The fourth-order valence-corrected chi connectivity index (χ4v) is 4.60. The zero-order valence-electron chi connectivity index (χ0n) is 16.2. The highest BCUT2D eigenvalue weighted by atomic mass is 35.5. The molecule has 0 aliphatic carbocycles. The maximum atomic E-state index is 12.4. The van der Waals surface area contributed by atoms with E-state index < -0.39 is 10.0 Å². The Hall–Kier alpha value is -1.90. The first-order valence-corrected chi connectivity index (χ1v) is 11.3. The summed E-state index contributed by atoms with van der Waals surface area (Å²) in [7, 11) is -3.54. The highest BCUT2D eigenvalue weighted by Crippen LogP contribution is 2.20. The van der Waals surface area contributed by atoms with Crippen LogP contribution in [0.3, 0.4) is 0 Å². The summed E-state index contributed by atoms with van der Waals surface area (Å²) in [5.41, 5.74) is 0. The number of halogens is 1. The molecule has 1 unspecified atom stereocenters. The molecule has 1 N–H and O–H groups in total. The van der Waals surface area contributed by atoms with Crippen LogP contribution in [-0.4, -0.2) is 50.6 Å². The quantitative estimate of drug-likeness (QED) is 0.737. The maximum Gasteiger partial charge on any atom is 0.242 e. The Labute approximate surface area is 171 Å². The van der Waals surface area contributed by atoms with E-state index in [4.69, 9.17) is 11.6 Å². The molecule has 0 saturated carbocycles. The Balaban J connectivity index is 1.61. The number of piperazine rings is 1. The van der Waals surface area contributed by atoms with Crippen molar-refractivity contribution in [2.45, 2.75) is 37.6 Å². The molecule has 1 fully saturated rings. The summed E-state index contributed by atoms with van der Waals surface area (Å²) >= 11 is 5.90. The molecule has 0 bridgehead atoms. The van der Waals surface area contributed by atoms with E-state index in [0.29, 0.717) is 5.02 Å². The molecule has 0 spiro atoms. The summed E-state index contributed by atoms with van der Waals surface area (Å²) in [5, 5.41) is 0.625. The number of rotatable bonds is 7. The second kappa shape index (κ2) is 9.07. The van der Waals surface area contributed by atoms with E-state index in [1.807, 2.05) is 26.0 Å². The number of nitrogens with zero attached hydrogens (tertiary/aromatic N) is 4. The van der Waals surface area contributed by atoms with E-state index >= 15 is 0 Å². The van der Waals surface area contributed by atoms with Gasteiger partial charge in [-0.2, -0.15) is 0 Å². The standard InChI is InChI=1S/C19H26ClN5O2S/c1-3-4-15(2)23-28(26,27)17-6-8-19(22-14-17)25-11-9-24(10-12-25)18-7-5-16(20)13-21-18/h5-8,13-15,23H,3-4,9-12H2,1-2H3. The first kappa shape index (κ1) is 20.8. The van der Waals surface area contributed by atoms with Gasteiger partial charge in [0.15, 0.2) is 0 Å². The molecule has 7 nitrogen and oxygen atoms in total. The van der Waals surface area contributed by atoms with Gasteiger partial charge in [0.05, 0.1) is 5.02 Å². The lowest BCUT2D eigenvalue weighted by Crippen LogP contribution is -2.47. The molecule has 1 saturated heterocycles. The van der Waals surface area contributed by atoms with E-state index in [9.17, 15) is 8.42 Å². The van der Waals surface area contributed by atoms with Gasteiger partial charge in [-0.3, -0.25) is 0 Å². The third-order valence-corrected chi connectivity index (χ3v) is 6.55. The van der Waals surface area contributed by atoms with E-state index in [0.717, 1.165) is 50.7 Å². The van der Waals surface area contributed by atoms with Crippen molar-refractivity contribution in [2.75, 3.05) is 36.0 Å². The summed E-state index contributed by atoms with van der Waals surface area (Å²) < 4.78 is 27.6. The fraction of sp³-hybridized carbons (Fsp3) is 0.474. The second-order valence-corrected chi connectivity index (χ2v) is 9.12. The smallest absolute Gasteiger partial charge is 0.242 e. The Morgan fingerprint density at radius 2 is 1.61 bits per heavy atom. The van der Waals surface area contributed by atoms with Crippen LogP contribution in [0.25, 0.3) is 0 Å². The topological polar surface area (TPSA) is 78.4 Å². The van der Waals surface area contributed by atoms with Gasteiger partial charge < -0.3 is 9.80 Å². The number of hydrogen-bond donors (Lipinski definition) is 1. The maximum absolute atomic E-state index is 12.4. The van der Waals surface area contributed by atoms with E-state index in [-0.39, 0.29) is 10.9 Å². The molecule has 3 rings (SSSR count). The minimum atomic E-state index is -3.54. The Kier molecular flexibility index (Phi) is 6.74. The molecule has 152 valence electrons. The number of sulfonamides is 1. The third-order valence-electron chi connectivity index (χ3n) is 4.75. The summed E-state index contributed by atoms with van der Waals surface area (Å²) in [6, 6.07) is 7.06. The highest BCUT2D eigenvalue weighted by Gasteiger charge is 2.21. The zero-order chi connectivity index (χ0) is 20.1. The fourth-order valence-electron chi connectivity index (χ4n) is 3.26. The van der Waals surface area contributed by atoms with Crippen molar-refractivity contribution in [1.29, 1.82) is 0 Å². The largest absolute Gasteiger partial charge is 0.353 e. The monoisotopic (exact) mass is 423 g/mol. The van der Waals surface area contributed by atoms with Crippen molar-refractivity contribution in [2.24, 2.45) is 0 Å². The van der Waals surface area contributed by atoms with Gasteiger partial charge in [-0.25, -0.2) is 23.1 Å². The van der Waals surface area contributed by atoms with Crippen LogP contribution in [0.5, 0.6) is 0 Å². The van der Waals surface area contributed by atoms with Crippen LogP contribution in [-0.2, 0) is 10.0 Å². The number of aromatic nitrogens is 2. The summed E-state index contributed by atoms with van der Waals surface area (Å²) in [6.07, 6.45) is 4.82. The molecule has 9 heteroatoms. The molecule has 1 aliphatic heterocycles. The van der Waals surface area contributed by atoms with Crippen molar-refractivity contribution in [3.63, 3.8) is 0 Å². The van der Waals surface area contributed by atoms with Crippen LogP contribution < -0.4 is 14.5 Å². The van der Waals surface area contributed by atoms with Crippen molar-refractivity contribution in [3.8, 4) is 0 Å². The van der Waals surface area contributed by atoms with Crippen molar-refractivity contribution < 1.29 is 8.42 Å².